The molecule has 0 saturated heterocycles. The van der Waals surface area contributed by atoms with E-state index in [1.54, 1.807) is 0 Å². The molecular weight excluding hydrogens is 334 g/mol. The summed E-state index contributed by atoms with van der Waals surface area (Å²) >= 11 is 0. The Bertz CT molecular complexity index is 793. The van der Waals surface area contributed by atoms with Crippen molar-refractivity contribution >= 4 is 5.97 Å². The van der Waals surface area contributed by atoms with E-state index in [-0.39, 0.29) is 12.0 Å². The molecule has 0 spiro atoms. The third kappa shape index (κ3) is 4.83. The highest BCUT2D eigenvalue weighted by molar-refractivity contribution is 5.82. The summed E-state index contributed by atoms with van der Waals surface area (Å²) in [5.41, 5.74) is 3.01. The van der Waals surface area contributed by atoms with E-state index in [0.29, 0.717) is 6.61 Å². The summed E-state index contributed by atoms with van der Waals surface area (Å²) in [7, 11) is 3.99. The van der Waals surface area contributed by atoms with Crippen molar-refractivity contribution < 1.29 is 9.53 Å². The molecule has 0 radical (unpaired) electrons. The minimum absolute atomic E-state index is 0.0161. The van der Waals surface area contributed by atoms with Crippen molar-refractivity contribution in [1.82, 2.24) is 4.90 Å². The number of ether oxygens (including phenoxy) is 1. The highest BCUT2D eigenvalue weighted by atomic mass is 16.5. The molecule has 0 aliphatic rings. The lowest BCUT2D eigenvalue weighted by Gasteiger charge is -2.25. The SMILES string of the molecule is CN(C)C(COC(=O)C(c1ccccc1)c1ccccc1)c1ccccc1. The first kappa shape index (κ1) is 18.9. The Labute approximate surface area is 161 Å². The molecule has 0 aromatic heterocycles. The van der Waals surface area contributed by atoms with Gasteiger partial charge in [0.15, 0.2) is 0 Å². The van der Waals surface area contributed by atoms with Gasteiger partial charge >= 0.3 is 5.97 Å². The molecule has 0 bridgehead atoms. The van der Waals surface area contributed by atoms with E-state index in [2.05, 4.69) is 17.0 Å². The van der Waals surface area contributed by atoms with Gasteiger partial charge in [-0.2, -0.15) is 0 Å². The largest absolute Gasteiger partial charge is 0.463 e. The summed E-state index contributed by atoms with van der Waals surface area (Å²) in [5, 5.41) is 0. The number of carbonyl (C=O) groups is 1. The smallest absolute Gasteiger partial charge is 0.317 e. The number of hydrogen-bond donors (Lipinski definition) is 0. The molecule has 3 aromatic carbocycles. The van der Waals surface area contributed by atoms with Crippen molar-refractivity contribution in [2.45, 2.75) is 12.0 Å². The summed E-state index contributed by atoms with van der Waals surface area (Å²) in [4.78, 5) is 15.1. The van der Waals surface area contributed by atoms with Gasteiger partial charge in [0.1, 0.15) is 12.5 Å². The van der Waals surface area contributed by atoms with Crippen LogP contribution < -0.4 is 0 Å². The van der Waals surface area contributed by atoms with E-state index in [4.69, 9.17) is 4.74 Å². The number of hydrogen-bond acceptors (Lipinski definition) is 3. The minimum atomic E-state index is -0.425. The highest BCUT2D eigenvalue weighted by Crippen LogP contribution is 2.27. The maximum atomic E-state index is 13.1. The van der Waals surface area contributed by atoms with Gasteiger partial charge in [0, 0.05) is 0 Å². The Morgan fingerprint density at radius 2 is 1.15 bits per heavy atom. The fraction of sp³-hybridized carbons (Fsp3) is 0.208. The molecular formula is C24H25NO2. The lowest BCUT2D eigenvalue weighted by Crippen LogP contribution is -2.27. The van der Waals surface area contributed by atoms with Crippen molar-refractivity contribution in [3.05, 3.63) is 108 Å². The van der Waals surface area contributed by atoms with Gasteiger partial charge in [-0.25, -0.2) is 0 Å². The summed E-state index contributed by atoms with van der Waals surface area (Å²) in [5.74, 6) is -0.652. The van der Waals surface area contributed by atoms with Gasteiger partial charge in [-0.3, -0.25) is 9.69 Å². The van der Waals surface area contributed by atoms with Crippen molar-refractivity contribution in [1.29, 1.82) is 0 Å². The molecule has 0 fully saturated rings. The first-order chi connectivity index (χ1) is 13.2. The first-order valence-electron chi connectivity index (χ1n) is 9.14. The number of nitrogens with zero attached hydrogens (tertiary/aromatic N) is 1. The molecule has 0 amide bonds. The van der Waals surface area contributed by atoms with Gasteiger partial charge in [-0.1, -0.05) is 91.0 Å². The lowest BCUT2D eigenvalue weighted by atomic mass is 9.91. The maximum Gasteiger partial charge on any atom is 0.317 e. The molecule has 1 unspecified atom stereocenters. The summed E-state index contributed by atoms with van der Waals surface area (Å²) in [6, 6.07) is 29.7. The van der Waals surface area contributed by atoms with E-state index in [1.165, 1.54) is 0 Å². The predicted molar refractivity (Wildman–Crippen MR) is 109 cm³/mol. The molecule has 0 aliphatic heterocycles. The lowest BCUT2D eigenvalue weighted by molar-refractivity contribution is -0.146. The molecule has 3 heteroatoms. The quantitative estimate of drug-likeness (QED) is 0.575. The van der Waals surface area contributed by atoms with E-state index in [1.807, 2.05) is 93.0 Å². The standard InChI is InChI=1S/C24H25NO2/c1-25(2)22(19-12-6-3-7-13-19)18-27-24(26)23(20-14-8-4-9-15-20)21-16-10-5-11-17-21/h3-17,22-23H,18H2,1-2H3. The Morgan fingerprint density at radius 3 is 1.56 bits per heavy atom. The molecule has 1 atom stereocenters. The molecule has 3 nitrogen and oxygen atoms in total. The molecule has 138 valence electrons. The van der Waals surface area contributed by atoms with E-state index in [9.17, 15) is 4.79 Å². The molecule has 0 saturated carbocycles. The Kier molecular flexibility index (Phi) is 6.39. The van der Waals surface area contributed by atoms with Crippen LogP contribution in [0.3, 0.4) is 0 Å². The predicted octanol–water partition coefficient (Wildman–Crippen LogP) is 4.66. The minimum Gasteiger partial charge on any atom is -0.463 e. The van der Waals surface area contributed by atoms with E-state index >= 15 is 0 Å². The van der Waals surface area contributed by atoms with Crippen LogP contribution in [-0.4, -0.2) is 31.6 Å². The third-order valence-corrected chi connectivity index (χ3v) is 4.69. The zero-order chi connectivity index (χ0) is 19.1. The fourth-order valence-corrected chi connectivity index (χ4v) is 3.22. The Morgan fingerprint density at radius 1 is 0.741 bits per heavy atom. The molecule has 0 heterocycles. The van der Waals surface area contributed by atoms with Gasteiger partial charge < -0.3 is 4.74 Å². The fourth-order valence-electron chi connectivity index (χ4n) is 3.22. The maximum absolute atomic E-state index is 13.1. The van der Waals surface area contributed by atoms with Crippen LogP contribution in [0.4, 0.5) is 0 Å². The zero-order valence-corrected chi connectivity index (χ0v) is 15.8. The van der Waals surface area contributed by atoms with Crippen LogP contribution in [0.1, 0.15) is 28.7 Å². The van der Waals surface area contributed by atoms with Gasteiger partial charge in [0.2, 0.25) is 0 Å². The van der Waals surface area contributed by atoms with E-state index < -0.39 is 5.92 Å². The number of likely N-dealkylation sites (N-methyl/N-ethyl adjacent to an activating group) is 1. The average molecular weight is 359 g/mol. The van der Waals surface area contributed by atoms with Crippen molar-refractivity contribution in [2.24, 2.45) is 0 Å². The zero-order valence-electron chi connectivity index (χ0n) is 15.8. The van der Waals surface area contributed by atoms with Crippen LogP contribution in [0.25, 0.3) is 0 Å². The van der Waals surface area contributed by atoms with Crippen molar-refractivity contribution in [3.8, 4) is 0 Å². The summed E-state index contributed by atoms with van der Waals surface area (Å²) in [6.07, 6.45) is 0. The highest BCUT2D eigenvalue weighted by Gasteiger charge is 2.25. The van der Waals surface area contributed by atoms with Crippen LogP contribution >= 0.6 is 0 Å². The van der Waals surface area contributed by atoms with Crippen molar-refractivity contribution in [2.75, 3.05) is 20.7 Å². The third-order valence-electron chi connectivity index (χ3n) is 4.69. The monoisotopic (exact) mass is 359 g/mol. The summed E-state index contributed by atoms with van der Waals surface area (Å²) < 4.78 is 5.81. The second-order valence-corrected chi connectivity index (χ2v) is 6.77. The topological polar surface area (TPSA) is 29.5 Å². The van der Waals surface area contributed by atoms with E-state index in [0.717, 1.165) is 16.7 Å². The summed E-state index contributed by atoms with van der Waals surface area (Å²) in [6.45, 7) is 0.312. The van der Waals surface area contributed by atoms with Crippen LogP contribution in [0.2, 0.25) is 0 Å². The molecule has 27 heavy (non-hydrogen) atoms. The van der Waals surface area contributed by atoms with Crippen LogP contribution in [-0.2, 0) is 9.53 Å². The van der Waals surface area contributed by atoms with Gasteiger partial charge in [-0.05, 0) is 30.8 Å². The van der Waals surface area contributed by atoms with Crippen LogP contribution in [0.5, 0.6) is 0 Å². The van der Waals surface area contributed by atoms with Crippen LogP contribution in [0.15, 0.2) is 91.0 Å². The molecule has 3 rings (SSSR count). The first-order valence-corrected chi connectivity index (χ1v) is 9.14. The number of carbonyl (C=O) groups excluding carboxylic acids is 1. The Balaban J connectivity index is 1.80. The van der Waals surface area contributed by atoms with Gasteiger partial charge in [0.05, 0.1) is 6.04 Å². The molecule has 3 aromatic rings. The number of benzene rings is 3. The number of rotatable bonds is 7. The average Bonchev–Trinajstić information content (AvgIpc) is 2.70. The van der Waals surface area contributed by atoms with Crippen LogP contribution in [0, 0.1) is 0 Å². The van der Waals surface area contributed by atoms with Crippen molar-refractivity contribution in [3.63, 3.8) is 0 Å². The number of esters is 1. The van der Waals surface area contributed by atoms with Gasteiger partial charge in [0.25, 0.3) is 0 Å². The Hall–Kier alpha value is -2.91. The van der Waals surface area contributed by atoms with Gasteiger partial charge in [-0.15, -0.1) is 0 Å². The second-order valence-electron chi connectivity index (χ2n) is 6.77. The molecule has 0 aliphatic carbocycles. The second kappa shape index (κ2) is 9.15. The molecule has 0 N–H and O–H groups in total. The normalized spacial score (nSPS) is 12.1.